The molecule has 0 bridgehead atoms. The monoisotopic (exact) mass is 372 g/mol. The van der Waals surface area contributed by atoms with E-state index in [2.05, 4.69) is 37.7 Å². The molecule has 2 aromatic rings. The Morgan fingerprint density at radius 1 is 1.31 bits per heavy atom. The van der Waals surface area contributed by atoms with Gasteiger partial charge >= 0.3 is 5.97 Å². The van der Waals surface area contributed by atoms with Crippen LogP contribution in [0.25, 0.3) is 0 Å². The first-order valence-electron chi connectivity index (χ1n) is 8.38. The average Bonchev–Trinajstić information content (AvgIpc) is 3.07. The third-order valence-electron chi connectivity index (χ3n) is 3.80. The summed E-state index contributed by atoms with van der Waals surface area (Å²) in [5, 5.41) is 5.21. The highest BCUT2D eigenvalue weighted by Crippen LogP contribution is 2.23. The molecule has 1 aromatic carbocycles. The highest BCUT2D eigenvalue weighted by molar-refractivity contribution is 7.13. The number of benzene rings is 1. The quantitative estimate of drug-likeness (QED) is 0.441. The van der Waals surface area contributed by atoms with Gasteiger partial charge in [0, 0.05) is 17.5 Å². The molecule has 0 spiro atoms. The Bertz CT molecular complexity index is 788. The number of ketones is 1. The van der Waals surface area contributed by atoms with E-state index in [1.54, 1.807) is 30.5 Å². The van der Waals surface area contributed by atoms with Gasteiger partial charge in [-0.25, -0.2) is 9.78 Å². The van der Waals surface area contributed by atoms with Gasteiger partial charge < -0.3 is 10.1 Å². The number of Topliss-reactive ketones (excluding diaryl/α,β-unsaturated/α-hetero) is 1. The molecule has 0 fully saturated rings. The van der Waals surface area contributed by atoms with Gasteiger partial charge in [0.15, 0.2) is 16.9 Å². The van der Waals surface area contributed by atoms with Crippen LogP contribution in [0.1, 0.15) is 54.1 Å². The number of aromatic nitrogens is 1. The molecule has 2 rings (SSSR count). The van der Waals surface area contributed by atoms with Crippen LogP contribution >= 0.6 is 11.3 Å². The van der Waals surface area contributed by atoms with E-state index in [-0.39, 0.29) is 16.9 Å². The molecule has 5 nitrogen and oxygen atoms in total. The fourth-order valence-electron chi connectivity index (χ4n) is 2.25. The number of ether oxygens (including phenoxy) is 1. The normalized spacial score (nSPS) is 12.3. The molecule has 0 aliphatic carbocycles. The summed E-state index contributed by atoms with van der Waals surface area (Å²) < 4.78 is 5.28. The average molecular weight is 372 g/mol. The molecule has 0 saturated heterocycles. The Balaban J connectivity index is 2.00. The van der Waals surface area contributed by atoms with Gasteiger partial charge in [0.1, 0.15) is 0 Å². The van der Waals surface area contributed by atoms with Crippen molar-refractivity contribution in [3.05, 3.63) is 59.1 Å². The summed E-state index contributed by atoms with van der Waals surface area (Å²) in [6.45, 7) is 12.1. The lowest BCUT2D eigenvalue weighted by molar-refractivity contribution is 0.0314. The largest absolute Gasteiger partial charge is 0.450 e. The summed E-state index contributed by atoms with van der Waals surface area (Å²) in [4.78, 5) is 28.8. The van der Waals surface area contributed by atoms with Crippen LogP contribution in [-0.2, 0) is 10.2 Å². The van der Waals surface area contributed by atoms with Crippen molar-refractivity contribution >= 4 is 28.2 Å². The molecule has 1 N–H and O–H groups in total. The number of carbonyl (C=O) groups is 2. The summed E-state index contributed by atoms with van der Waals surface area (Å²) >= 11 is 1.30. The smallest absolute Gasteiger partial charge is 0.358 e. The second-order valence-electron chi connectivity index (χ2n) is 6.95. The number of rotatable bonds is 7. The lowest BCUT2D eigenvalue weighted by Crippen LogP contribution is -2.24. The van der Waals surface area contributed by atoms with Gasteiger partial charge in [-0.3, -0.25) is 4.79 Å². The zero-order valence-corrected chi connectivity index (χ0v) is 16.4. The Kier molecular flexibility index (Phi) is 6.32. The summed E-state index contributed by atoms with van der Waals surface area (Å²) in [5.74, 6) is -0.848. The summed E-state index contributed by atoms with van der Waals surface area (Å²) in [5.41, 5.74) is 1.86. The van der Waals surface area contributed by atoms with E-state index in [9.17, 15) is 9.59 Å². The molecule has 0 aliphatic rings. The Morgan fingerprint density at radius 3 is 2.54 bits per heavy atom. The van der Waals surface area contributed by atoms with Crippen LogP contribution in [0.4, 0.5) is 5.13 Å². The number of esters is 1. The molecular formula is C20H24N2O3S. The van der Waals surface area contributed by atoms with Gasteiger partial charge in [-0.05, 0) is 17.9 Å². The zero-order valence-electron chi connectivity index (χ0n) is 15.5. The van der Waals surface area contributed by atoms with Gasteiger partial charge in [-0.2, -0.15) is 0 Å². The lowest BCUT2D eigenvalue weighted by Gasteiger charge is -2.19. The van der Waals surface area contributed by atoms with Crippen molar-refractivity contribution in [3.63, 3.8) is 0 Å². The number of anilines is 1. The van der Waals surface area contributed by atoms with Crippen molar-refractivity contribution in [2.45, 2.75) is 39.2 Å². The van der Waals surface area contributed by atoms with Crippen molar-refractivity contribution in [3.8, 4) is 0 Å². The van der Waals surface area contributed by atoms with E-state index < -0.39 is 12.1 Å². The predicted molar refractivity (Wildman–Crippen MR) is 105 cm³/mol. The molecule has 1 unspecified atom stereocenters. The lowest BCUT2D eigenvalue weighted by atomic mass is 9.86. The van der Waals surface area contributed by atoms with E-state index >= 15 is 0 Å². The Labute approximate surface area is 158 Å². The van der Waals surface area contributed by atoms with Gasteiger partial charge in [-0.15, -0.1) is 17.9 Å². The predicted octanol–water partition coefficient (Wildman–Crippen LogP) is 4.47. The Hall–Kier alpha value is -2.47. The molecule has 0 amide bonds. The van der Waals surface area contributed by atoms with Crippen LogP contribution in [0, 0.1) is 0 Å². The van der Waals surface area contributed by atoms with Crippen molar-refractivity contribution in [2.75, 3.05) is 11.9 Å². The molecule has 1 heterocycles. The van der Waals surface area contributed by atoms with Gasteiger partial charge in [0.2, 0.25) is 5.78 Å². The van der Waals surface area contributed by atoms with Crippen molar-refractivity contribution in [1.29, 1.82) is 0 Å². The molecule has 0 radical (unpaired) electrons. The molecule has 1 aromatic heterocycles. The maximum Gasteiger partial charge on any atom is 0.358 e. The first kappa shape index (κ1) is 19.8. The number of hydrogen-bond donors (Lipinski definition) is 1. The molecule has 0 aliphatic heterocycles. The molecular weight excluding hydrogens is 348 g/mol. The third-order valence-corrected chi connectivity index (χ3v) is 4.60. The second-order valence-corrected chi connectivity index (χ2v) is 7.80. The molecule has 0 saturated carbocycles. The van der Waals surface area contributed by atoms with Gasteiger partial charge in [-0.1, -0.05) is 51.1 Å². The van der Waals surface area contributed by atoms with Crippen LogP contribution in [-0.4, -0.2) is 29.4 Å². The second kappa shape index (κ2) is 8.27. The van der Waals surface area contributed by atoms with E-state index in [1.807, 2.05) is 12.1 Å². The number of carbonyl (C=O) groups excluding carboxylic acids is 2. The molecule has 138 valence electrons. The fourth-order valence-corrected chi connectivity index (χ4v) is 2.94. The van der Waals surface area contributed by atoms with Gasteiger partial charge in [0.25, 0.3) is 0 Å². The topological polar surface area (TPSA) is 68.3 Å². The standard InChI is InChI=1S/C20H24N2O3S/c1-6-11-21-19-22-16(12-26-19)18(24)25-13(2)17(23)14-7-9-15(10-8-14)20(3,4)5/h6-10,12-13H,1,11H2,2-5H3,(H,21,22). The van der Waals surface area contributed by atoms with Crippen LogP contribution in [0.3, 0.4) is 0 Å². The van der Waals surface area contributed by atoms with Crippen molar-refractivity contribution < 1.29 is 14.3 Å². The summed E-state index contributed by atoms with van der Waals surface area (Å²) in [6.07, 6.45) is 0.819. The number of nitrogens with zero attached hydrogens (tertiary/aromatic N) is 1. The van der Waals surface area contributed by atoms with Crippen LogP contribution in [0.15, 0.2) is 42.3 Å². The van der Waals surface area contributed by atoms with Crippen LogP contribution in [0.2, 0.25) is 0 Å². The van der Waals surface area contributed by atoms with Crippen LogP contribution < -0.4 is 5.32 Å². The highest BCUT2D eigenvalue weighted by atomic mass is 32.1. The first-order chi connectivity index (χ1) is 12.2. The van der Waals surface area contributed by atoms with Gasteiger partial charge in [0.05, 0.1) is 0 Å². The minimum Gasteiger partial charge on any atom is -0.450 e. The van der Waals surface area contributed by atoms with E-state index in [4.69, 9.17) is 4.74 Å². The minimum absolute atomic E-state index is 0.0155. The number of thiazole rings is 1. The van der Waals surface area contributed by atoms with Crippen molar-refractivity contribution in [2.24, 2.45) is 0 Å². The molecule has 1 atom stereocenters. The fraction of sp³-hybridized carbons (Fsp3) is 0.350. The Morgan fingerprint density at radius 2 is 1.96 bits per heavy atom. The molecule has 26 heavy (non-hydrogen) atoms. The SMILES string of the molecule is C=CCNc1nc(C(=O)OC(C)C(=O)c2ccc(C(C)(C)C)cc2)cs1. The minimum atomic E-state index is -0.880. The van der Waals surface area contributed by atoms with Crippen LogP contribution in [0.5, 0.6) is 0 Å². The number of hydrogen-bond acceptors (Lipinski definition) is 6. The zero-order chi connectivity index (χ0) is 19.3. The highest BCUT2D eigenvalue weighted by Gasteiger charge is 2.22. The van der Waals surface area contributed by atoms with E-state index in [0.29, 0.717) is 17.2 Å². The summed E-state index contributed by atoms with van der Waals surface area (Å²) in [7, 11) is 0. The maximum absolute atomic E-state index is 12.5. The summed E-state index contributed by atoms with van der Waals surface area (Å²) in [6, 6.07) is 7.40. The number of nitrogens with one attached hydrogen (secondary N) is 1. The first-order valence-corrected chi connectivity index (χ1v) is 9.26. The van der Waals surface area contributed by atoms with Crippen molar-refractivity contribution in [1.82, 2.24) is 4.98 Å². The van der Waals surface area contributed by atoms with E-state index in [1.165, 1.54) is 11.3 Å². The molecule has 6 heteroatoms. The van der Waals surface area contributed by atoms with E-state index in [0.717, 1.165) is 5.56 Å². The third kappa shape index (κ3) is 5.02. The maximum atomic E-state index is 12.5.